The van der Waals surface area contributed by atoms with E-state index in [4.69, 9.17) is 11.6 Å². The van der Waals surface area contributed by atoms with Crippen LogP contribution < -0.4 is 5.32 Å². The van der Waals surface area contributed by atoms with Gasteiger partial charge in [0.25, 0.3) is 5.91 Å². The van der Waals surface area contributed by atoms with E-state index in [0.717, 1.165) is 45.2 Å². The van der Waals surface area contributed by atoms with E-state index in [1.54, 1.807) is 18.2 Å². The minimum Gasteiger partial charge on any atom is -0.481 e. The highest BCUT2D eigenvalue weighted by molar-refractivity contribution is 6.34. The standard InChI is InChI=1S/C20H25ClN2O4/c21-17-12-13(8-9-16(17)19(25)23-10-4-1-5-11-23)22-18(24)14-6-2-3-7-15(14)20(26)27/h8-9,12,14-15H,1-7,10-11H2,(H,22,24)(H,26,27)/t14-,15+/m0/s1. The number of carbonyl (C=O) groups excluding carboxylic acids is 2. The van der Waals surface area contributed by atoms with Crippen molar-refractivity contribution in [1.29, 1.82) is 0 Å². The zero-order chi connectivity index (χ0) is 19.4. The highest BCUT2D eigenvalue weighted by atomic mass is 35.5. The second-order valence-electron chi connectivity index (χ2n) is 7.37. The summed E-state index contributed by atoms with van der Waals surface area (Å²) < 4.78 is 0. The van der Waals surface area contributed by atoms with Gasteiger partial charge in [0.1, 0.15) is 0 Å². The van der Waals surface area contributed by atoms with E-state index < -0.39 is 17.8 Å². The first-order valence-corrected chi connectivity index (χ1v) is 9.97. The number of amides is 2. The van der Waals surface area contributed by atoms with Crippen LogP contribution >= 0.6 is 11.6 Å². The molecule has 2 amide bonds. The number of hydrogen-bond acceptors (Lipinski definition) is 3. The molecule has 1 saturated carbocycles. The molecule has 2 fully saturated rings. The molecule has 6 nitrogen and oxygen atoms in total. The van der Waals surface area contributed by atoms with Crippen LogP contribution in [-0.2, 0) is 9.59 Å². The van der Waals surface area contributed by atoms with E-state index in [1.807, 2.05) is 4.90 Å². The van der Waals surface area contributed by atoms with Gasteiger partial charge >= 0.3 is 5.97 Å². The summed E-state index contributed by atoms with van der Waals surface area (Å²) in [6.45, 7) is 1.48. The second-order valence-corrected chi connectivity index (χ2v) is 7.78. The van der Waals surface area contributed by atoms with Gasteiger partial charge in [0.15, 0.2) is 0 Å². The molecule has 7 heteroatoms. The first-order valence-electron chi connectivity index (χ1n) is 9.60. The van der Waals surface area contributed by atoms with Gasteiger partial charge in [-0.05, 0) is 50.3 Å². The van der Waals surface area contributed by atoms with E-state index in [9.17, 15) is 19.5 Å². The van der Waals surface area contributed by atoms with Crippen LogP contribution in [0.1, 0.15) is 55.3 Å². The van der Waals surface area contributed by atoms with E-state index in [0.29, 0.717) is 29.1 Å². The van der Waals surface area contributed by atoms with Crippen molar-refractivity contribution in [1.82, 2.24) is 4.90 Å². The van der Waals surface area contributed by atoms with Crippen LogP contribution in [0.4, 0.5) is 5.69 Å². The van der Waals surface area contributed by atoms with Crippen LogP contribution in [0.5, 0.6) is 0 Å². The number of piperidine rings is 1. The summed E-state index contributed by atoms with van der Waals surface area (Å²) in [6.07, 6.45) is 5.93. The molecule has 0 aromatic heterocycles. The molecule has 0 bridgehead atoms. The summed E-state index contributed by atoms with van der Waals surface area (Å²) in [6, 6.07) is 4.85. The molecule has 0 unspecified atom stereocenters. The van der Waals surface area contributed by atoms with Gasteiger partial charge in [-0.3, -0.25) is 14.4 Å². The molecule has 2 atom stereocenters. The second kappa shape index (κ2) is 8.74. The summed E-state index contributed by atoms with van der Waals surface area (Å²) in [5.41, 5.74) is 0.910. The maximum atomic E-state index is 12.6. The van der Waals surface area contributed by atoms with E-state index >= 15 is 0 Å². The van der Waals surface area contributed by atoms with Crippen LogP contribution in [0, 0.1) is 11.8 Å². The largest absolute Gasteiger partial charge is 0.481 e. The number of likely N-dealkylation sites (tertiary alicyclic amines) is 1. The number of nitrogens with one attached hydrogen (secondary N) is 1. The average Bonchev–Trinajstić information content (AvgIpc) is 2.68. The molecule has 1 aromatic carbocycles. The zero-order valence-electron chi connectivity index (χ0n) is 15.2. The van der Waals surface area contributed by atoms with Crippen molar-refractivity contribution in [3.8, 4) is 0 Å². The molecule has 2 N–H and O–H groups in total. The third-order valence-electron chi connectivity index (χ3n) is 5.53. The van der Waals surface area contributed by atoms with Crippen LogP contribution in [0.2, 0.25) is 5.02 Å². The summed E-state index contributed by atoms with van der Waals surface area (Å²) >= 11 is 6.30. The van der Waals surface area contributed by atoms with Gasteiger partial charge in [0.2, 0.25) is 5.91 Å². The Hall–Kier alpha value is -2.08. The van der Waals surface area contributed by atoms with Crippen LogP contribution in [0.25, 0.3) is 0 Å². The van der Waals surface area contributed by atoms with E-state index in [1.165, 1.54) is 0 Å². The Morgan fingerprint density at radius 2 is 1.67 bits per heavy atom. The summed E-state index contributed by atoms with van der Waals surface area (Å²) in [7, 11) is 0. The predicted octanol–water partition coefficient (Wildman–Crippen LogP) is 3.80. The van der Waals surface area contributed by atoms with Crippen molar-refractivity contribution in [2.24, 2.45) is 11.8 Å². The predicted molar refractivity (Wildman–Crippen MR) is 103 cm³/mol. The molecular weight excluding hydrogens is 368 g/mol. The number of halogens is 1. The van der Waals surface area contributed by atoms with Crippen molar-refractivity contribution in [2.45, 2.75) is 44.9 Å². The normalized spacial score (nSPS) is 22.9. The number of carbonyl (C=O) groups is 3. The van der Waals surface area contributed by atoms with Gasteiger partial charge in [-0.15, -0.1) is 0 Å². The lowest BCUT2D eigenvalue weighted by molar-refractivity contribution is -0.147. The molecule has 1 aliphatic heterocycles. The number of aliphatic carboxylic acids is 1. The zero-order valence-corrected chi connectivity index (χ0v) is 16.0. The lowest BCUT2D eigenvalue weighted by Gasteiger charge is -2.28. The topological polar surface area (TPSA) is 86.7 Å². The molecule has 1 aromatic rings. The highest BCUT2D eigenvalue weighted by Crippen LogP contribution is 2.32. The highest BCUT2D eigenvalue weighted by Gasteiger charge is 2.35. The van der Waals surface area contributed by atoms with Crippen molar-refractivity contribution in [2.75, 3.05) is 18.4 Å². The van der Waals surface area contributed by atoms with Crippen molar-refractivity contribution >= 4 is 35.1 Å². The molecule has 0 radical (unpaired) electrons. The molecule has 1 aliphatic carbocycles. The molecule has 27 heavy (non-hydrogen) atoms. The number of hydrogen-bond donors (Lipinski definition) is 2. The maximum Gasteiger partial charge on any atom is 0.307 e. The quantitative estimate of drug-likeness (QED) is 0.815. The van der Waals surface area contributed by atoms with Crippen LogP contribution in [0.15, 0.2) is 18.2 Å². The third-order valence-corrected chi connectivity index (χ3v) is 5.84. The van der Waals surface area contributed by atoms with Gasteiger partial charge in [0.05, 0.1) is 22.4 Å². The Balaban J connectivity index is 1.69. The van der Waals surface area contributed by atoms with Crippen molar-refractivity contribution in [3.63, 3.8) is 0 Å². The lowest BCUT2D eigenvalue weighted by Crippen LogP contribution is -2.36. The first-order chi connectivity index (χ1) is 13.0. The Kier molecular flexibility index (Phi) is 6.37. The SMILES string of the molecule is O=C(Nc1ccc(C(=O)N2CCCCC2)c(Cl)c1)[C@H]1CCCC[C@H]1C(=O)O. The summed E-state index contributed by atoms with van der Waals surface area (Å²) in [5, 5.41) is 12.4. The molecule has 146 valence electrons. The van der Waals surface area contributed by atoms with Crippen molar-refractivity contribution in [3.05, 3.63) is 28.8 Å². The van der Waals surface area contributed by atoms with Gasteiger partial charge in [-0.1, -0.05) is 24.4 Å². The number of carboxylic acid groups (broad SMARTS) is 1. The lowest BCUT2D eigenvalue weighted by atomic mass is 9.78. The Morgan fingerprint density at radius 3 is 2.30 bits per heavy atom. The van der Waals surface area contributed by atoms with Crippen molar-refractivity contribution < 1.29 is 19.5 Å². The number of anilines is 1. The van der Waals surface area contributed by atoms with E-state index in [-0.39, 0.29) is 11.8 Å². The number of nitrogens with zero attached hydrogens (tertiary/aromatic N) is 1. The fourth-order valence-electron chi connectivity index (χ4n) is 4.01. The first kappa shape index (κ1) is 19.7. The molecule has 0 spiro atoms. The van der Waals surface area contributed by atoms with Crippen LogP contribution in [-0.4, -0.2) is 40.9 Å². The van der Waals surface area contributed by atoms with Gasteiger partial charge in [-0.2, -0.15) is 0 Å². The van der Waals surface area contributed by atoms with Gasteiger partial charge < -0.3 is 15.3 Å². The smallest absolute Gasteiger partial charge is 0.307 e. The molecule has 2 aliphatic rings. The van der Waals surface area contributed by atoms with Gasteiger partial charge in [0, 0.05) is 18.8 Å². The van der Waals surface area contributed by atoms with Crippen LogP contribution in [0.3, 0.4) is 0 Å². The van der Waals surface area contributed by atoms with E-state index in [2.05, 4.69) is 5.32 Å². The number of rotatable bonds is 4. The molecule has 3 rings (SSSR count). The third kappa shape index (κ3) is 4.61. The minimum absolute atomic E-state index is 0.0872. The number of carboxylic acids is 1. The maximum absolute atomic E-state index is 12.6. The fraction of sp³-hybridized carbons (Fsp3) is 0.550. The fourth-order valence-corrected chi connectivity index (χ4v) is 4.27. The Labute approximate surface area is 163 Å². The number of benzene rings is 1. The molecular formula is C20H25ClN2O4. The molecule has 1 heterocycles. The Bertz CT molecular complexity index is 731. The Morgan fingerprint density at radius 1 is 1.00 bits per heavy atom. The van der Waals surface area contributed by atoms with Gasteiger partial charge in [-0.25, -0.2) is 0 Å². The summed E-state index contributed by atoms with van der Waals surface area (Å²) in [5.74, 6) is -2.49. The minimum atomic E-state index is -0.921. The molecule has 1 saturated heterocycles. The average molecular weight is 393 g/mol. The summed E-state index contributed by atoms with van der Waals surface area (Å²) in [4.78, 5) is 38.4. The monoisotopic (exact) mass is 392 g/mol.